The quantitative estimate of drug-likeness (QED) is 0.784. The number of rotatable bonds is 4. The summed E-state index contributed by atoms with van der Waals surface area (Å²) in [5.41, 5.74) is 2.47. The van der Waals surface area contributed by atoms with Crippen molar-refractivity contribution in [2.24, 2.45) is 0 Å². The number of hydrogen-bond acceptors (Lipinski definition) is 3. The van der Waals surface area contributed by atoms with Crippen molar-refractivity contribution in [3.63, 3.8) is 0 Å². The molecule has 132 valence electrons. The lowest BCUT2D eigenvalue weighted by Gasteiger charge is -2.25. The number of benzene rings is 2. The van der Waals surface area contributed by atoms with E-state index in [1.807, 2.05) is 25.2 Å². The molecule has 3 rings (SSSR count). The molecule has 0 saturated heterocycles. The van der Waals surface area contributed by atoms with Gasteiger partial charge < -0.3 is 20.6 Å². The number of hydrogen-bond donors (Lipinski definition) is 3. The van der Waals surface area contributed by atoms with Gasteiger partial charge >= 0.3 is 6.03 Å². The molecule has 0 unspecified atom stereocenters. The third-order valence-electron chi connectivity index (χ3n) is 4.52. The predicted molar refractivity (Wildman–Crippen MR) is 101 cm³/mol. The third-order valence-corrected chi connectivity index (χ3v) is 4.85. The standard InChI is InChI=1S/C19H22ClN3O2/c1-19(25,15-5-3-4-6-16(15)20)12-21-18(24)22-14-8-7-13-9-10-23(2)17(13)11-14/h3-8,11,25H,9-10,12H2,1-2H3,(H2,21,22,24)/t19-/m0/s1. The van der Waals surface area contributed by atoms with Gasteiger partial charge in [0.25, 0.3) is 0 Å². The van der Waals surface area contributed by atoms with Crippen molar-refractivity contribution >= 4 is 29.0 Å². The summed E-state index contributed by atoms with van der Waals surface area (Å²) in [6.45, 7) is 2.66. The zero-order chi connectivity index (χ0) is 18.0. The molecule has 2 amide bonds. The Morgan fingerprint density at radius 2 is 2.08 bits per heavy atom. The first-order valence-corrected chi connectivity index (χ1v) is 8.61. The first-order chi connectivity index (χ1) is 11.9. The van der Waals surface area contributed by atoms with E-state index in [1.54, 1.807) is 31.2 Å². The largest absolute Gasteiger partial charge is 0.384 e. The molecule has 1 atom stereocenters. The number of nitrogens with zero attached hydrogens (tertiary/aromatic N) is 1. The minimum absolute atomic E-state index is 0.0490. The molecule has 0 saturated carbocycles. The molecule has 0 spiro atoms. The first-order valence-electron chi connectivity index (χ1n) is 8.23. The van der Waals surface area contributed by atoms with Crippen molar-refractivity contribution in [2.45, 2.75) is 18.9 Å². The monoisotopic (exact) mass is 359 g/mol. The molecule has 0 aliphatic carbocycles. The maximum Gasteiger partial charge on any atom is 0.319 e. The summed E-state index contributed by atoms with van der Waals surface area (Å²) >= 11 is 6.13. The summed E-state index contributed by atoms with van der Waals surface area (Å²) in [7, 11) is 2.04. The maximum atomic E-state index is 12.2. The third kappa shape index (κ3) is 3.89. The Kier molecular flexibility index (Phi) is 4.88. The minimum atomic E-state index is -1.26. The van der Waals surface area contributed by atoms with Crippen LogP contribution in [-0.2, 0) is 12.0 Å². The van der Waals surface area contributed by atoms with Crippen molar-refractivity contribution in [1.82, 2.24) is 5.32 Å². The molecule has 2 aromatic carbocycles. The van der Waals surface area contributed by atoms with Crippen molar-refractivity contribution in [3.8, 4) is 0 Å². The molecule has 1 aliphatic heterocycles. The van der Waals surface area contributed by atoms with Gasteiger partial charge in [-0.15, -0.1) is 0 Å². The van der Waals surface area contributed by atoms with E-state index in [4.69, 9.17) is 11.6 Å². The molecule has 25 heavy (non-hydrogen) atoms. The number of carbonyl (C=O) groups is 1. The van der Waals surface area contributed by atoms with E-state index >= 15 is 0 Å². The average molecular weight is 360 g/mol. The van der Waals surface area contributed by atoms with Gasteiger partial charge in [-0.05, 0) is 37.1 Å². The van der Waals surface area contributed by atoms with Gasteiger partial charge in [0.2, 0.25) is 0 Å². The van der Waals surface area contributed by atoms with Crippen LogP contribution < -0.4 is 15.5 Å². The number of anilines is 2. The van der Waals surface area contributed by atoms with E-state index in [-0.39, 0.29) is 12.6 Å². The highest BCUT2D eigenvalue weighted by atomic mass is 35.5. The molecule has 1 heterocycles. The SMILES string of the molecule is CN1CCc2ccc(NC(=O)NC[C@](C)(O)c3ccccc3Cl)cc21. The number of amides is 2. The number of aliphatic hydroxyl groups is 1. The van der Waals surface area contributed by atoms with Crippen LogP contribution in [0.5, 0.6) is 0 Å². The fraction of sp³-hybridized carbons (Fsp3) is 0.316. The Morgan fingerprint density at radius 3 is 2.84 bits per heavy atom. The van der Waals surface area contributed by atoms with Gasteiger partial charge in [-0.1, -0.05) is 35.9 Å². The van der Waals surface area contributed by atoms with E-state index in [0.29, 0.717) is 10.6 Å². The number of halogens is 1. The lowest BCUT2D eigenvalue weighted by molar-refractivity contribution is 0.0600. The second-order valence-electron chi connectivity index (χ2n) is 6.58. The van der Waals surface area contributed by atoms with Crippen LogP contribution >= 0.6 is 11.6 Å². The first kappa shape index (κ1) is 17.6. The highest BCUT2D eigenvalue weighted by Gasteiger charge is 2.26. The molecule has 0 fully saturated rings. The van der Waals surface area contributed by atoms with Crippen LogP contribution in [0, 0.1) is 0 Å². The second kappa shape index (κ2) is 6.94. The normalized spacial score (nSPS) is 15.4. The van der Waals surface area contributed by atoms with Crippen LogP contribution in [0.25, 0.3) is 0 Å². The van der Waals surface area contributed by atoms with Crippen molar-refractivity contribution in [2.75, 3.05) is 30.4 Å². The number of nitrogens with one attached hydrogen (secondary N) is 2. The maximum absolute atomic E-state index is 12.2. The van der Waals surface area contributed by atoms with Gasteiger partial charge in [0, 0.05) is 35.6 Å². The van der Waals surface area contributed by atoms with Crippen LogP contribution in [0.2, 0.25) is 5.02 Å². The fourth-order valence-corrected chi connectivity index (χ4v) is 3.38. The summed E-state index contributed by atoms with van der Waals surface area (Å²) in [6, 6.07) is 12.6. The smallest absolute Gasteiger partial charge is 0.319 e. The molecule has 0 radical (unpaired) electrons. The van der Waals surface area contributed by atoms with E-state index in [1.165, 1.54) is 5.56 Å². The van der Waals surface area contributed by atoms with Crippen molar-refractivity contribution < 1.29 is 9.90 Å². The summed E-state index contributed by atoms with van der Waals surface area (Å²) in [6.07, 6.45) is 1.03. The highest BCUT2D eigenvalue weighted by molar-refractivity contribution is 6.31. The Balaban J connectivity index is 1.62. The number of fused-ring (bicyclic) bond motifs is 1. The van der Waals surface area contributed by atoms with Crippen LogP contribution in [0.4, 0.5) is 16.2 Å². The Bertz CT molecular complexity index is 792. The Morgan fingerprint density at radius 1 is 1.32 bits per heavy atom. The Hall–Kier alpha value is -2.24. The zero-order valence-corrected chi connectivity index (χ0v) is 15.1. The summed E-state index contributed by atoms with van der Waals surface area (Å²) in [5, 5.41) is 16.6. The molecule has 6 heteroatoms. The molecule has 0 bridgehead atoms. The summed E-state index contributed by atoms with van der Waals surface area (Å²) in [4.78, 5) is 14.3. The predicted octanol–water partition coefficient (Wildman–Crippen LogP) is 3.36. The molecule has 2 aromatic rings. The van der Waals surface area contributed by atoms with E-state index in [9.17, 15) is 9.90 Å². The molecule has 3 N–H and O–H groups in total. The van der Waals surface area contributed by atoms with Crippen LogP contribution in [-0.4, -0.2) is 31.3 Å². The summed E-state index contributed by atoms with van der Waals surface area (Å²) < 4.78 is 0. The Labute approximate surface area is 152 Å². The zero-order valence-electron chi connectivity index (χ0n) is 14.3. The number of urea groups is 1. The van der Waals surface area contributed by atoms with Crippen LogP contribution in [0.1, 0.15) is 18.1 Å². The lowest BCUT2D eigenvalue weighted by atomic mass is 9.96. The van der Waals surface area contributed by atoms with Gasteiger partial charge in [-0.2, -0.15) is 0 Å². The fourth-order valence-electron chi connectivity index (χ4n) is 3.04. The highest BCUT2D eigenvalue weighted by Crippen LogP contribution is 2.30. The van der Waals surface area contributed by atoms with Crippen LogP contribution in [0.15, 0.2) is 42.5 Å². The summed E-state index contributed by atoms with van der Waals surface area (Å²) in [5.74, 6) is 0. The number of likely N-dealkylation sites (N-methyl/N-ethyl adjacent to an activating group) is 1. The minimum Gasteiger partial charge on any atom is -0.384 e. The molecular weight excluding hydrogens is 338 g/mol. The van der Waals surface area contributed by atoms with Gasteiger partial charge in [0.05, 0.1) is 6.54 Å². The van der Waals surface area contributed by atoms with Gasteiger partial charge in [-0.3, -0.25) is 0 Å². The van der Waals surface area contributed by atoms with Crippen molar-refractivity contribution in [1.29, 1.82) is 0 Å². The van der Waals surface area contributed by atoms with E-state index < -0.39 is 5.60 Å². The van der Waals surface area contributed by atoms with Crippen molar-refractivity contribution in [3.05, 3.63) is 58.6 Å². The van der Waals surface area contributed by atoms with Gasteiger partial charge in [0.1, 0.15) is 5.60 Å². The second-order valence-corrected chi connectivity index (χ2v) is 6.98. The molecule has 0 aromatic heterocycles. The van der Waals surface area contributed by atoms with Gasteiger partial charge in [-0.25, -0.2) is 4.79 Å². The van der Waals surface area contributed by atoms with Crippen LogP contribution in [0.3, 0.4) is 0 Å². The van der Waals surface area contributed by atoms with E-state index in [0.717, 1.165) is 24.3 Å². The lowest BCUT2D eigenvalue weighted by Crippen LogP contribution is -2.40. The molecular formula is C19H22ClN3O2. The molecule has 1 aliphatic rings. The topological polar surface area (TPSA) is 64.6 Å². The van der Waals surface area contributed by atoms with Gasteiger partial charge in [0.15, 0.2) is 0 Å². The molecule has 5 nitrogen and oxygen atoms in total. The average Bonchev–Trinajstić information content (AvgIpc) is 2.94. The number of carbonyl (C=O) groups excluding carboxylic acids is 1. The van der Waals surface area contributed by atoms with E-state index in [2.05, 4.69) is 15.5 Å².